The fraction of sp³-hybridized carbons (Fsp3) is 0.500. The molecule has 0 bridgehead atoms. The predicted octanol–water partition coefficient (Wildman–Crippen LogP) is 2.19. The fourth-order valence-electron chi connectivity index (χ4n) is 2.27. The second kappa shape index (κ2) is 6.43. The molecular formula is C14H15F4NO2. The highest BCUT2D eigenvalue weighted by molar-refractivity contribution is 5.77. The monoisotopic (exact) mass is 305 g/mol. The van der Waals surface area contributed by atoms with Gasteiger partial charge < -0.3 is 10.1 Å². The maximum Gasteiger partial charge on any atom is 0.330 e. The van der Waals surface area contributed by atoms with E-state index in [1.54, 1.807) is 0 Å². The smallest absolute Gasteiger partial charge is 0.330 e. The molecule has 0 heterocycles. The van der Waals surface area contributed by atoms with Gasteiger partial charge in [-0.3, -0.25) is 4.79 Å². The van der Waals surface area contributed by atoms with Crippen LogP contribution in [0.3, 0.4) is 0 Å². The highest BCUT2D eigenvalue weighted by atomic mass is 19.3. The molecule has 2 rings (SSSR count). The van der Waals surface area contributed by atoms with Crippen molar-refractivity contribution in [2.24, 2.45) is 0 Å². The van der Waals surface area contributed by atoms with Crippen molar-refractivity contribution in [2.75, 3.05) is 13.2 Å². The standard InChI is InChI=1S/C14H15F4NO2/c15-13(16)14(17,18)8-21-7-12(20)19-11-5-9-3-1-2-4-10(9)6-11/h1-4,11,13H,5-8H2,(H,19,20). The molecule has 0 spiro atoms. The van der Waals surface area contributed by atoms with Crippen LogP contribution in [0.1, 0.15) is 11.1 Å². The minimum absolute atomic E-state index is 0.117. The van der Waals surface area contributed by atoms with E-state index >= 15 is 0 Å². The number of carbonyl (C=O) groups is 1. The summed E-state index contributed by atoms with van der Waals surface area (Å²) in [7, 11) is 0. The number of amides is 1. The summed E-state index contributed by atoms with van der Waals surface area (Å²) in [6, 6.07) is 7.61. The van der Waals surface area contributed by atoms with Gasteiger partial charge in [0, 0.05) is 6.04 Å². The van der Waals surface area contributed by atoms with Crippen molar-refractivity contribution in [2.45, 2.75) is 31.2 Å². The summed E-state index contributed by atoms with van der Waals surface area (Å²) >= 11 is 0. The highest BCUT2D eigenvalue weighted by Crippen LogP contribution is 2.23. The fourth-order valence-corrected chi connectivity index (χ4v) is 2.27. The van der Waals surface area contributed by atoms with Crippen LogP contribution in [0.2, 0.25) is 0 Å². The third kappa shape index (κ3) is 4.17. The number of ether oxygens (including phenoxy) is 1. The van der Waals surface area contributed by atoms with Gasteiger partial charge in [-0.25, -0.2) is 8.78 Å². The zero-order chi connectivity index (χ0) is 15.5. The van der Waals surface area contributed by atoms with Crippen LogP contribution in [-0.4, -0.2) is 37.5 Å². The first-order valence-corrected chi connectivity index (χ1v) is 6.48. The second-order valence-corrected chi connectivity index (χ2v) is 5.00. The first-order chi connectivity index (χ1) is 9.88. The Labute approximate surface area is 119 Å². The normalized spacial score (nSPS) is 15.3. The number of fused-ring (bicyclic) bond motifs is 1. The molecule has 1 aliphatic carbocycles. The van der Waals surface area contributed by atoms with Gasteiger partial charge in [0.25, 0.3) is 0 Å². The van der Waals surface area contributed by atoms with Gasteiger partial charge in [-0.1, -0.05) is 24.3 Å². The van der Waals surface area contributed by atoms with Crippen molar-refractivity contribution in [3.8, 4) is 0 Å². The molecule has 7 heteroatoms. The number of nitrogens with one attached hydrogen (secondary N) is 1. The van der Waals surface area contributed by atoms with Crippen LogP contribution >= 0.6 is 0 Å². The summed E-state index contributed by atoms with van der Waals surface area (Å²) in [6.45, 7) is -2.13. The van der Waals surface area contributed by atoms with E-state index in [1.807, 2.05) is 24.3 Å². The summed E-state index contributed by atoms with van der Waals surface area (Å²) in [5.41, 5.74) is 2.26. The predicted molar refractivity (Wildman–Crippen MR) is 67.6 cm³/mol. The Morgan fingerprint density at radius 1 is 1.29 bits per heavy atom. The Kier molecular flexibility index (Phi) is 4.82. The van der Waals surface area contributed by atoms with Gasteiger partial charge >= 0.3 is 12.3 Å². The highest BCUT2D eigenvalue weighted by Gasteiger charge is 2.41. The molecule has 0 radical (unpaired) electrons. The number of rotatable bonds is 6. The molecule has 0 fully saturated rings. The van der Waals surface area contributed by atoms with Gasteiger partial charge in [0.05, 0.1) is 0 Å². The molecule has 3 nitrogen and oxygen atoms in total. The summed E-state index contributed by atoms with van der Waals surface area (Å²) in [5.74, 6) is -4.82. The summed E-state index contributed by atoms with van der Waals surface area (Å²) < 4.78 is 53.3. The summed E-state index contributed by atoms with van der Waals surface area (Å²) in [6.07, 6.45) is -2.48. The van der Waals surface area contributed by atoms with Crippen LogP contribution in [0.5, 0.6) is 0 Å². The lowest BCUT2D eigenvalue weighted by atomic mass is 10.1. The van der Waals surface area contributed by atoms with E-state index < -0.39 is 31.5 Å². The molecule has 0 aliphatic heterocycles. The van der Waals surface area contributed by atoms with E-state index in [4.69, 9.17) is 0 Å². The van der Waals surface area contributed by atoms with E-state index in [1.165, 1.54) is 0 Å². The Morgan fingerprint density at radius 2 is 1.86 bits per heavy atom. The van der Waals surface area contributed by atoms with Crippen molar-refractivity contribution in [3.05, 3.63) is 35.4 Å². The van der Waals surface area contributed by atoms with Gasteiger partial charge in [0.1, 0.15) is 13.2 Å². The molecule has 116 valence electrons. The first kappa shape index (κ1) is 15.8. The van der Waals surface area contributed by atoms with Crippen molar-refractivity contribution in [1.82, 2.24) is 5.32 Å². The van der Waals surface area contributed by atoms with Crippen molar-refractivity contribution in [1.29, 1.82) is 0 Å². The third-order valence-electron chi connectivity index (χ3n) is 3.26. The molecule has 0 saturated carbocycles. The van der Waals surface area contributed by atoms with Gasteiger partial charge in [0.2, 0.25) is 5.91 Å². The number of carbonyl (C=O) groups excluding carboxylic acids is 1. The molecule has 21 heavy (non-hydrogen) atoms. The van der Waals surface area contributed by atoms with E-state index in [-0.39, 0.29) is 6.04 Å². The molecule has 0 unspecified atom stereocenters. The molecule has 1 amide bonds. The maximum atomic E-state index is 12.6. The van der Waals surface area contributed by atoms with E-state index in [2.05, 4.69) is 10.1 Å². The second-order valence-electron chi connectivity index (χ2n) is 5.00. The quantitative estimate of drug-likeness (QED) is 0.818. The van der Waals surface area contributed by atoms with E-state index in [9.17, 15) is 22.4 Å². The van der Waals surface area contributed by atoms with Crippen molar-refractivity contribution < 1.29 is 27.1 Å². The lowest BCUT2D eigenvalue weighted by Gasteiger charge is -2.16. The lowest BCUT2D eigenvalue weighted by molar-refractivity contribution is -0.168. The Hall–Kier alpha value is -1.63. The van der Waals surface area contributed by atoms with Gasteiger partial charge in [-0.15, -0.1) is 0 Å². The molecule has 1 aromatic carbocycles. The minimum atomic E-state index is -4.23. The molecule has 1 aliphatic rings. The third-order valence-corrected chi connectivity index (χ3v) is 3.26. The van der Waals surface area contributed by atoms with Gasteiger partial charge in [-0.05, 0) is 24.0 Å². The number of hydrogen-bond acceptors (Lipinski definition) is 2. The average molecular weight is 305 g/mol. The van der Waals surface area contributed by atoms with Crippen molar-refractivity contribution in [3.63, 3.8) is 0 Å². The molecule has 0 aromatic heterocycles. The Morgan fingerprint density at radius 3 is 2.38 bits per heavy atom. The topological polar surface area (TPSA) is 38.3 Å². The molecule has 0 saturated heterocycles. The molecule has 0 atom stereocenters. The van der Waals surface area contributed by atoms with E-state index in [0.717, 1.165) is 11.1 Å². The Bertz CT molecular complexity index is 483. The van der Waals surface area contributed by atoms with Crippen LogP contribution in [-0.2, 0) is 22.4 Å². The largest absolute Gasteiger partial charge is 0.365 e. The number of benzene rings is 1. The van der Waals surface area contributed by atoms with Crippen LogP contribution < -0.4 is 5.32 Å². The molecular weight excluding hydrogens is 290 g/mol. The maximum absolute atomic E-state index is 12.6. The zero-order valence-corrected chi connectivity index (χ0v) is 11.1. The SMILES string of the molecule is O=C(COCC(F)(F)C(F)F)NC1Cc2ccccc2C1. The molecule has 1 N–H and O–H groups in total. The summed E-state index contributed by atoms with van der Waals surface area (Å²) in [5, 5.41) is 2.64. The Balaban J connectivity index is 1.72. The number of hydrogen-bond donors (Lipinski definition) is 1. The number of alkyl halides is 4. The summed E-state index contributed by atoms with van der Waals surface area (Å²) in [4.78, 5) is 11.5. The van der Waals surface area contributed by atoms with Crippen molar-refractivity contribution >= 4 is 5.91 Å². The average Bonchev–Trinajstić information content (AvgIpc) is 2.80. The molecule has 1 aromatic rings. The zero-order valence-electron chi connectivity index (χ0n) is 11.1. The van der Waals surface area contributed by atoms with Crippen LogP contribution in [0.25, 0.3) is 0 Å². The van der Waals surface area contributed by atoms with Crippen LogP contribution in [0.4, 0.5) is 17.6 Å². The van der Waals surface area contributed by atoms with Crippen LogP contribution in [0, 0.1) is 0 Å². The minimum Gasteiger partial charge on any atom is -0.365 e. The van der Waals surface area contributed by atoms with E-state index in [0.29, 0.717) is 12.8 Å². The van der Waals surface area contributed by atoms with Crippen LogP contribution in [0.15, 0.2) is 24.3 Å². The number of halogens is 4. The first-order valence-electron chi connectivity index (χ1n) is 6.48. The lowest BCUT2D eigenvalue weighted by Crippen LogP contribution is -2.39. The van der Waals surface area contributed by atoms with Gasteiger partial charge in [-0.2, -0.15) is 8.78 Å². The van der Waals surface area contributed by atoms with Gasteiger partial charge in [0.15, 0.2) is 0 Å².